The summed E-state index contributed by atoms with van der Waals surface area (Å²) in [4.78, 5) is 15.6. The van der Waals surface area contributed by atoms with Crippen LogP contribution in [-0.2, 0) is 17.8 Å². The molecule has 0 aliphatic carbocycles. The second-order valence-corrected chi connectivity index (χ2v) is 3.85. The monoisotopic (exact) mass is 247 g/mol. The zero-order chi connectivity index (χ0) is 13.0. The predicted molar refractivity (Wildman–Crippen MR) is 62.7 cm³/mol. The van der Waals surface area contributed by atoms with Gasteiger partial charge in [0.25, 0.3) is 0 Å². The minimum Gasteiger partial charge on any atom is -0.508 e. The van der Waals surface area contributed by atoms with E-state index in [1.165, 1.54) is 0 Å². The van der Waals surface area contributed by atoms with Gasteiger partial charge >= 0.3 is 0 Å². The molecule has 18 heavy (non-hydrogen) atoms. The summed E-state index contributed by atoms with van der Waals surface area (Å²) in [5, 5.41) is 15.6. The van der Waals surface area contributed by atoms with Crippen LogP contribution in [0.4, 0.5) is 0 Å². The van der Waals surface area contributed by atoms with Gasteiger partial charge in [0.2, 0.25) is 11.8 Å². The molecule has 0 bridgehead atoms. The Morgan fingerprint density at radius 1 is 1.50 bits per heavy atom. The molecule has 6 nitrogen and oxygen atoms in total. The van der Waals surface area contributed by atoms with Gasteiger partial charge in [0, 0.05) is 6.92 Å². The first-order chi connectivity index (χ1) is 8.63. The SMILES string of the molecule is Cc1nc(CNC(=O)Cc2cccc(O)c2)no1. The smallest absolute Gasteiger partial charge is 0.224 e. The lowest BCUT2D eigenvalue weighted by molar-refractivity contribution is -0.120. The van der Waals surface area contributed by atoms with Crippen molar-refractivity contribution in [2.45, 2.75) is 19.9 Å². The van der Waals surface area contributed by atoms with E-state index >= 15 is 0 Å². The highest BCUT2D eigenvalue weighted by atomic mass is 16.5. The predicted octanol–water partition coefficient (Wildman–Crippen LogP) is 0.943. The topological polar surface area (TPSA) is 88.2 Å². The molecule has 0 aliphatic heterocycles. The van der Waals surface area contributed by atoms with Crippen LogP contribution in [0.15, 0.2) is 28.8 Å². The molecule has 1 amide bonds. The van der Waals surface area contributed by atoms with Crippen LogP contribution >= 0.6 is 0 Å². The molecule has 2 rings (SSSR count). The molecule has 1 aromatic heterocycles. The number of amides is 1. The molecular formula is C12H13N3O3. The molecule has 0 radical (unpaired) electrons. The molecule has 0 spiro atoms. The van der Waals surface area contributed by atoms with E-state index in [4.69, 9.17) is 4.52 Å². The fourth-order valence-corrected chi connectivity index (χ4v) is 1.51. The highest BCUT2D eigenvalue weighted by molar-refractivity contribution is 5.78. The molecule has 2 aromatic rings. The number of aryl methyl sites for hydroxylation is 1. The van der Waals surface area contributed by atoms with Crippen LogP contribution < -0.4 is 5.32 Å². The van der Waals surface area contributed by atoms with Crippen LogP contribution in [0.5, 0.6) is 5.75 Å². The van der Waals surface area contributed by atoms with E-state index in [2.05, 4.69) is 15.5 Å². The number of nitrogens with one attached hydrogen (secondary N) is 1. The van der Waals surface area contributed by atoms with Gasteiger partial charge in [0.15, 0.2) is 5.82 Å². The molecule has 0 saturated heterocycles. The molecular weight excluding hydrogens is 234 g/mol. The fraction of sp³-hybridized carbons (Fsp3) is 0.250. The van der Waals surface area contributed by atoms with Crippen molar-refractivity contribution >= 4 is 5.91 Å². The first-order valence-electron chi connectivity index (χ1n) is 5.47. The summed E-state index contributed by atoms with van der Waals surface area (Å²) in [7, 11) is 0. The summed E-state index contributed by atoms with van der Waals surface area (Å²) >= 11 is 0. The van der Waals surface area contributed by atoms with Crippen molar-refractivity contribution in [3.8, 4) is 5.75 Å². The van der Waals surface area contributed by atoms with Crippen molar-refractivity contribution in [3.63, 3.8) is 0 Å². The van der Waals surface area contributed by atoms with E-state index < -0.39 is 0 Å². The summed E-state index contributed by atoms with van der Waals surface area (Å²) in [6.45, 7) is 1.92. The van der Waals surface area contributed by atoms with Crippen LogP contribution in [0, 0.1) is 6.92 Å². The van der Waals surface area contributed by atoms with Crippen molar-refractivity contribution in [2.75, 3.05) is 0 Å². The summed E-state index contributed by atoms with van der Waals surface area (Å²) in [6, 6.07) is 6.58. The normalized spacial score (nSPS) is 10.3. The minimum atomic E-state index is -0.164. The molecule has 0 fully saturated rings. The maximum absolute atomic E-state index is 11.6. The van der Waals surface area contributed by atoms with Gasteiger partial charge in [-0.15, -0.1) is 0 Å². The highest BCUT2D eigenvalue weighted by Gasteiger charge is 2.06. The number of nitrogens with zero attached hydrogens (tertiary/aromatic N) is 2. The van der Waals surface area contributed by atoms with Gasteiger partial charge in [-0.1, -0.05) is 17.3 Å². The second kappa shape index (κ2) is 5.31. The second-order valence-electron chi connectivity index (χ2n) is 3.85. The molecule has 94 valence electrons. The van der Waals surface area contributed by atoms with Gasteiger partial charge in [-0.2, -0.15) is 4.98 Å². The molecule has 1 heterocycles. The zero-order valence-electron chi connectivity index (χ0n) is 9.88. The third-order valence-electron chi connectivity index (χ3n) is 2.29. The number of carbonyl (C=O) groups excluding carboxylic acids is 1. The van der Waals surface area contributed by atoms with Crippen molar-refractivity contribution in [1.29, 1.82) is 0 Å². The Morgan fingerprint density at radius 2 is 2.33 bits per heavy atom. The van der Waals surface area contributed by atoms with Crippen molar-refractivity contribution < 1.29 is 14.4 Å². The molecule has 1 aromatic carbocycles. The molecule has 0 saturated carbocycles. The summed E-state index contributed by atoms with van der Waals surface area (Å²) < 4.78 is 4.79. The number of phenols is 1. The van der Waals surface area contributed by atoms with Crippen LogP contribution in [0.1, 0.15) is 17.3 Å². The van der Waals surface area contributed by atoms with Crippen molar-refractivity contribution in [1.82, 2.24) is 15.5 Å². The van der Waals surface area contributed by atoms with Crippen molar-refractivity contribution in [3.05, 3.63) is 41.5 Å². The first-order valence-corrected chi connectivity index (χ1v) is 5.47. The average Bonchev–Trinajstić information content (AvgIpc) is 2.73. The molecule has 6 heteroatoms. The van der Waals surface area contributed by atoms with E-state index in [0.717, 1.165) is 5.56 Å². The van der Waals surface area contributed by atoms with E-state index in [1.54, 1.807) is 31.2 Å². The number of carbonyl (C=O) groups is 1. The number of hydrogen-bond donors (Lipinski definition) is 2. The fourth-order valence-electron chi connectivity index (χ4n) is 1.51. The summed E-state index contributed by atoms with van der Waals surface area (Å²) in [6.07, 6.45) is 0.200. The standard InChI is InChI=1S/C12H13N3O3/c1-8-14-11(15-18-8)7-13-12(17)6-9-3-2-4-10(16)5-9/h2-5,16H,6-7H2,1H3,(H,13,17). The lowest BCUT2D eigenvalue weighted by Crippen LogP contribution is -2.25. The van der Waals surface area contributed by atoms with Crippen LogP contribution in [-0.4, -0.2) is 21.2 Å². The Kier molecular flexibility index (Phi) is 3.57. The largest absolute Gasteiger partial charge is 0.508 e. The van der Waals surface area contributed by atoms with Crippen LogP contribution in [0.2, 0.25) is 0 Å². The van der Waals surface area contributed by atoms with E-state index in [0.29, 0.717) is 11.7 Å². The zero-order valence-corrected chi connectivity index (χ0v) is 9.88. The maximum Gasteiger partial charge on any atom is 0.224 e. The minimum absolute atomic E-state index is 0.147. The van der Waals surface area contributed by atoms with E-state index in [9.17, 15) is 9.90 Å². The Morgan fingerprint density at radius 3 is 3.00 bits per heavy atom. The Hall–Kier alpha value is -2.37. The Labute approximate surface area is 104 Å². The first kappa shape index (κ1) is 12.1. The molecule has 0 unspecified atom stereocenters. The number of benzene rings is 1. The number of aromatic hydroxyl groups is 1. The molecule has 2 N–H and O–H groups in total. The number of hydrogen-bond acceptors (Lipinski definition) is 5. The van der Waals surface area contributed by atoms with Gasteiger partial charge in [-0.25, -0.2) is 0 Å². The maximum atomic E-state index is 11.6. The van der Waals surface area contributed by atoms with Crippen LogP contribution in [0.25, 0.3) is 0 Å². The average molecular weight is 247 g/mol. The highest BCUT2D eigenvalue weighted by Crippen LogP contribution is 2.11. The van der Waals surface area contributed by atoms with Crippen LogP contribution in [0.3, 0.4) is 0 Å². The third-order valence-corrected chi connectivity index (χ3v) is 2.29. The Balaban J connectivity index is 1.85. The molecule has 0 aliphatic rings. The van der Waals surface area contributed by atoms with Gasteiger partial charge < -0.3 is 14.9 Å². The quantitative estimate of drug-likeness (QED) is 0.839. The Bertz CT molecular complexity index is 551. The lowest BCUT2D eigenvalue weighted by Gasteiger charge is -2.03. The van der Waals surface area contributed by atoms with E-state index in [-0.39, 0.29) is 24.6 Å². The van der Waals surface area contributed by atoms with Gasteiger partial charge in [-0.05, 0) is 17.7 Å². The van der Waals surface area contributed by atoms with Gasteiger partial charge in [0.1, 0.15) is 5.75 Å². The van der Waals surface area contributed by atoms with Gasteiger partial charge in [0.05, 0.1) is 13.0 Å². The lowest BCUT2D eigenvalue weighted by atomic mass is 10.1. The summed E-state index contributed by atoms with van der Waals surface area (Å²) in [5.41, 5.74) is 0.747. The summed E-state index contributed by atoms with van der Waals surface area (Å²) in [5.74, 6) is 0.890. The van der Waals surface area contributed by atoms with Gasteiger partial charge in [-0.3, -0.25) is 4.79 Å². The van der Waals surface area contributed by atoms with E-state index in [1.807, 2.05) is 0 Å². The third kappa shape index (κ3) is 3.31. The number of rotatable bonds is 4. The number of aromatic nitrogens is 2. The molecule has 0 atom stereocenters. The number of phenolic OH excluding ortho intramolecular Hbond substituents is 1. The van der Waals surface area contributed by atoms with Crippen molar-refractivity contribution in [2.24, 2.45) is 0 Å².